The second-order valence-corrected chi connectivity index (χ2v) is 9.64. The van der Waals surface area contributed by atoms with Gasteiger partial charge in [-0.1, -0.05) is 6.07 Å². The van der Waals surface area contributed by atoms with E-state index in [2.05, 4.69) is 43.5 Å². The molecule has 0 fully saturated rings. The van der Waals surface area contributed by atoms with Crippen molar-refractivity contribution >= 4 is 47.5 Å². The number of aromatic nitrogens is 3. The lowest BCUT2D eigenvalue weighted by molar-refractivity contribution is -0.116. The Morgan fingerprint density at radius 2 is 1.71 bits per heavy atom. The fraction of sp³-hybridized carbons (Fsp3) is 0.179. The molecule has 0 saturated heterocycles. The number of nitrogens with one attached hydrogen (secondary N) is 3. The normalized spacial score (nSPS) is 11.6. The van der Waals surface area contributed by atoms with Gasteiger partial charge in [-0.3, -0.25) is 14.6 Å². The summed E-state index contributed by atoms with van der Waals surface area (Å²) in [6.45, 7) is 0.706. The fourth-order valence-corrected chi connectivity index (χ4v) is 4.21. The summed E-state index contributed by atoms with van der Waals surface area (Å²) in [7, 11) is 3.88. The Labute approximate surface area is 227 Å². The van der Waals surface area contributed by atoms with Crippen molar-refractivity contribution in [3.8, 4) is 11.3 Å². The molecule has 2 heterocycles. The maximum absolute atomic E-state index is 12.8. The fourth-order valence-electron chi connectivity index (χ4n) is 3.72. The highest BCUT2D eigenvalue weighted by Crippen LogP contribution is 2.21. The van der Waals surface area contributed by atoms with E-state index in [0.29, 0.717) is 35.9 Å². The summed E-state index contributed by atoms with van der Waals surface area (Å²) in [5.41, 5.74) is 4.06. The van der Waals surface area contributed by atoms with E-state index in [4.69, 9.17) is 0 Å². The van der Waals surface area contributed by atoms with Crippen molar-refractivity contribution in [2.45, 2.75) is 11.7 Å². The van der Waals surface area contributed by atoms with Gasteiger partial charge < -0.3 is 20.9 Å². The number of hydrogen-bond donors (Lipinski definition) is 4. The zero-order valence-corrected chi connectivity index (χ0v) is 22.0. The van der Waals surface area contributed by atoms with Gasteiger partial charge in [-0.15, -0.1) is 0 Å². The zero-order valence-electron chi connectivity index (χ0n) is 21.1. The average molecular weight is 528 g/mol. The van der Waals surface area contributed by atoms with Crippen molar-refractivity contribution in [2.75, 3.05) is 36.6 Å². The molecule has 0 spiro atoms. The van der Waals surface area contributed by atoms with Gasteiger partial charge in [0.15, 0.2) is 0 Å². The number of anilines is 4. The number of pyridine rings is 1. The first-order valence-corrected chi connectivity index (χ1v) is 12.5. The van der Waals surface area contributed by atoms with Crippen molar-refractivity contribution in [1.82, 2.24) is 19.9 Å². The van der Waals surface area contributed by atoms with Gasteiger partial charge in [0, 0.05) is 65.0 Å². The Morgan fingerprint density at radius 1 is 0.921 bits per heavy atom. The minimum atomic E-state index is -0.267. The van der Waals surface area contributed by atoms with E-state index < -0.39 is 0 Å². The lowest BCUT2D eigenvalue weighted by Gasteiger charge is -2.15. The van der Waals surface area contributed by atoms with Crippen molar-refractivity contribution in [2.24, 2.45) is 0 Å². The Morgan fingerprint density at radius 3 is 2.45 bits per heavy atom. The van der Waals surface area contributed by atoms with Gasteiger partial charge in [0.25, 0.3) is 5.91 Å². The lowest BCUT2D eigenvalue weighted by Crippen LogP contribution is -2.26. The van der Waals surface area contributed by atoms with E-state index in [9.17, 15) is 9.59 Å². The molecule has 0 saturated carbocycles. The molecule has 0 radical (unpaired) electrons. The molecule has 4 rings (SSSR count). The van der Waals surface area contributed by atoms with Crippen molar-refractivity contribution in [1.29, 1.82) is 0 Å². The van der Waals surface area contributed by atoms with Gasteiger partial charge in [-0.2, -0.15) is 12.6 Å². The second kappa shape index (κ2) is 12.8. The average Bonchev–Trinajstić information content (AvgIpc) is 2.89. The topological polar surface area (TPSA) is 112 Å². The highest BCUT2D eigenvalue weighted by Gasteiger charge is 2.12. The van der Waals surface area contributed by atoms with Crippen molar-refractivity contribution in [3.05, 3.63) is 90.9 Å². The number of hydrogen-bond acceptors (Lipinski definition) is 8. The molecule has 2 aromatic carbocycles. The van der Waals surface area contributed by atoms with E-state index in [1.807, 2.05) is 49.3 Å². The number of amides is 2. The van der Waals surface area contributed by atoms with Crippen LogP contribution in [0.25, 0.3) is 11.3 Å². The molecule has 10 heteroatoms. The van der Waals surface area contributed by atoms with E-state index in [0.717, 1.165) is 16.9 Å². The van der Waals surface area contributed by atoms with E-state index in [1.54, 1.807) is 55.0 Å². The minimum Gasteiger partial charge on any atom is -0.326 e. The number of rotatable bonds is 10. The van der Waals surface area contributed by atoms with Crippen LogP contribution in [0.1, 0.15) is 16.8 Å². The van der Waals surface area contributed by atoms with Crippen LogP contribution < -0.4 is 16.0 Å². The maximum Gasteiger partial charge on any atom is 0.255 e. The van der Waals surface area contributed by atoms with Crippen LogP contribution in [-0.4, -0.2) is 57.6 Å². The molecule has 0 aliphatic carbocycles. The summed E-state index contributed by atoms with van der Waals surface area (Å²) in [5, 5.41) is 8.86. The Bertz CT molecular complexity index is 1380. The highest BCUT2D eigenvalue weighted by molar-refractivity contribution is 7.81. The number of thiol groups is 1. The van der Waals surface area contributed by atoms with E-state index in [-0.39, 0.29) is 17.1 Å². The first-order valence-electron chi connectivity index (χ1n) is 12.0. The molecular weight excluding hydrogens is 498 g/mol. The summed E-state index contributed by atoms with van der Waals surface area (Å²) < 4.78 is 0. The van der Waals surface area contributed by atoms with Gasteiger partial charge in [-0.05, 0) is 74.8 Å². The highest BCUT2D eigenvalue weighted by atomic mass is 32.1. The molecule has 194 valence electrons. The molecule has 0 aliphatic rings. The summed E-state index contributed by atoms with van der Waals surface area (Å²) in [6.07, 6.45) is 5.43. The maximum atomic E-state index is 12.8. The molecule has 0 aliphatic heterocycles. The number of carbonyl (C=O) groups excluding carboxylic acids is 2. The van der Waals surface area contributed by atoms with Crippen LogP contribution in [0.3, 0.4) is 0 Å². The standard InChI is InChI=1S/C28H29N7O2S/c1-35(2)18-24(38)16-26(36)31-21-10-8-19(9-11-21)27(37)32-22-6-3-7-23(15-22)33-28-30-14-12-25(34-28)20-5-4-13-29-17-20/h3-15,17,24,38H,16,18H2,1-2H3,(H,31,36)(H,32,37)(H,30,33,34). The lowest BCUT2D eigenvalue weighted by atomic mass is 10.1. The molecule has 0 bridgehead atoms. The Balaban J connectivity index is 1.35. The van der Waals surface area contributed by atoms with Gasteiger partial charge in [-0.25, -0.2) is 9.97 Å². The van der Waals surface area contributed by atoms with Crippen LogP contribution in [-0.2, 0) is 4.79 Å². The Hall–Kier alpha value is -4.28. The molecule has 3 N–H and O–H groups in total. The molecule has 2 aromatic heterocycles. The van der Waals surface area contributed by atoms with Gasteiger partial charge in [0.05, 0.1) is 5.69 Å². The van der Waals surface area contributed by atoms with Crippen LogP contribution in [0.5, 0.6) is 0 Å². The quantitative estimate of drug-likeness (QED) is 0.221. The predicted molar refractivity (Wildman–Crippen MR) is 154 cm³/mol. The minimum absolute atomic E-state index is 0.0584. The first-order chi connectivity index (χ1) is 18.4. The van der Waals surface area contributed by atoms with Gasteiger partial charge in [0.1, 0.15) is 0 Å². The van der Waals surface area contributed by atoms with Crippen LogP contribution >= 0.6 is 12.6 Å². The van der Waals surface area contributed by atoms with E-state index >= 15 is 0 Å². The Kier molecular flexibility index (Phi) is 9.02. The third kappa shape index (κ3) is 7.86. The number of benzene rings is 2. The molecule has 1 atom stereocenters. The first kappa shape index (κ1) is 26.8. The molecular formula is C28H29N7O2S. The predicted octanol–water partition coefficient (Wildman–Crippen LogP) is 4.72. The molecule has 1 unspecified atom stereocenters. The van der Waals surface area contributed by atoms with Crippen LogP contribution in [0, 0.1) is 0 Å². The van der Waals surface area contributed by atoms with Crippen LogP contribution in [0.15, 0.2) is 85.3 Å². The third-order valence-electron chi connectivity index (χ3n) is 5.42. The van der Waals surface area contributed by atoms with Crippen molar-refractivity contribution in [3.63, 3.8) is 0 Å². The molecule has 9 nitrogen and oxygen atoms in total. The summed E-state index contributed by atoms with van der Waals surface area (Å²) >= 11 is 4.45. The second-order valence-electron chi connectivity index (χ2n) is 8.91. The molecule has 38 heavy (non-hydrogen) atoms. The third-order valence-corrected chi connectivity index (χ3v) is 5.76. The van der Waals surface area contributed by atoms with Gasteiger partial charge in [0.2, 0.25) is 11.9 Å². The summed E-state index contributed by atoms with van der Waals surface area (Å²) in [4.78, 5) is 40.0. The van der Waals surface area contributed by atoms with Crippen LogP contribution in [0.4, 0.5) is 23.0 Å². The van der Waals surface area contributed by atoms with Crippen molar-refractivity contribution < 1.29 is 9.59 Å². The largest absolute Gasteiger partial charge is 0.326 e. The monoisotopic (exact) mass is 527 g/mol. The van der Waals surface area contributed by atoms with E-state index in [1.165, 1.54) is 0 Å². The molecule has 2 amide bonds. The smallest absolute Gasteiger partial charge is 0.255 e. The summed E-state index contributed by atoms with van der Waals surface area (Å²) in [6, 6.07) is 19.6. The molecule has 4 aromatic rings. The zero-order chi connectivity index (χ0) is 26.9. The van der Waals surface area contributed by atoms with Crippen LogP contribution in [0.2, 0.25) is 0 Å². The number of carbonyl (C=O) groups is 2. The SMILES string of the molecule is CN(C)CC(S)CC(=O)Nc1ccc(C(=O)Nc2cccc(Nc3nccc(-c4cccnc4)n3)c2)cc1. The van der Waals surface area contributed by atoms with Gasteiger partial charge >= 0.3 is 0 Å². The number of nitrogens with zero attached hydrogens (tertiary/aromatic N) is 4. The summed E-state index contributed by atoms with van der Waals surface area (Å²) in [5.74, 6) is 0.0398.